The van der Waals surface area contributed by atoms with E-state index in [1.807, 2.05) is 31.2 Å². The first-order chi connectivity index (χ1) is 12.2. The molecule has 0 unspecified atom stereocenters. The number of rotatable bonds is 6. The van der Waals surface area contributed by atoms with E-state index in [0.29, 0.717) is 23.4 Å². The molecule has 2 N–H and O–H groups in total. The fourth-order valence-corrected chi connectivity index (χ4v) is 3.19. The van der Waals surface area contributed by atoms with Crippen molar-refractivity contribution in [3.8, 4) is 5.75 Å². The molecule has 1 aromatic carbocycles. The number of thiophene rings is 1. The lowest BCUT2D eigenvalue weighted by atomic mass is 10.2. The minimum Gasteiger partial charge on any atom is -0.494 e. The van der Waals surface area contributed by atoms with E-state index >= 15 is 0 Å². The van der Waals surface area contributed by atoms with Crippen LogP contribution in [0.1, 0.15) is 17.4 Å². The molecule has 2 aromatic heterocycles. The zero-order valence-corrected chi connectivity index (χ0v) is 14.4. The molecule has 2 heterocycles. The Morgan fingerprint density at radius 1 is 1.36 bits per heavy atom. The van der Waals surface area contributed by atoms with Crippen molar-refractivity contribution >= 4 is 33.5 Å². The van der Waals surface area contributed by atoms with Crippen LogP contribution in [0.15, 0.2) is 47.5 Å². The van der Waals surface area contributed by atoms with Crippen molar-refractivity contribution in [3.05, 3.63) is 63.5 Å². The van der Waals surface area contributed by atoms with Gasteiger partial charge in [0.15, 0.2) is 0 Å². The summed E-state index contributed by atoms with van der Waals surface area (Å²) in [6.45, 7) is 2.91. The number of hydrogen-bond acceptors (Lipinski definition) is 5. The first kappa shape index (κ1) is 16.9. The first-order valence-corrected chi connectivity index (χ1v) is 8.62. The number of amides is 1. The van der Waals surface area contributed by atoms with Crippen molar-refractivity contribution in [2.75, 3.05) is 6.61 Å². The molecule has 0 aliphatic rings. The number of nitrogens with one attached hydrogen (secondary N) is 2. The van der Waals surface area contributed by atoms with Crippen molar-refractivity contribution < 1.29 is 9.53 Å². The average molecular weight is 355 g/mol. The molecule has 0 aliphatic heterocycles. The SMILES string of the molecule is CCOc1ccc(/C=C/C(=O)NCc2cc3c(=O)[nH]cnc3s2)cc1. The van der Waals surface area contributed by atoms with Gasteiger partial charge in [0, 0.05) is 11.0 Å². The standard InChI is InChI=1S/C18H17N3O3S/c1-2-24-13-6-3-12(4-7-13)5-8-16(22)19-10-14-9-15-17(23)20-11-21-18(15)25-14/h3-9,11H,2,10H2,1H3,(H,19,22)(H,20,21,23)/b8-5+. The number of fused-ring (bicyclic) bond motifs is 1. The van der Waals surface area contributed by atoms with Gasteiger partial charge in [0.05, 0.1) is 24.9 Å². The van der Waals surface area contributed by atoms with E-state index in [-0.39, 0.29) is 11.5 Å². The molecule has 0 saturated carbocycles. The minimum absolute atomic E-state index is 0.172. The highest BCUT2D eigenvalue weighted by Gasteiger charge is 2.06. The molecule has 0 radical (unpaired) electrons. The molecule has 7 heteroatoms. The average Bonchev–Trinajstić information content (AvgIpc) is 3.04. The Bertz CT molecular complexity index is 958. The van der Waals surface area contributed by atoms with Gasteiger partial charge < -0.3 is 15.0 Å². The van der Waals surface area contributed by atoms with Gasteiger partial charge in [0.2, 0.25) is 5.91 Å². The molecule has 25 heavy (non-hydrogen) atoms. The van der Waals surface area contributed by atoms with E-state index in [0.717, 1.165) is 16.2 Å². The van der Waals surface area contributed by atoms with Gasteiger partial charge >= 0.3 is 0 Å². The topological polar surface area (TPSA) is 84.1 Å². The third kappa shape index (κ3) is 4.33. The number of aromatic amines is 1. The molecule has 6 nitrogen and oxygen atoms in total. The number of aromatic nitrogens is 2. The number of ether oxygens (including phenoxy) is 1. The summed E-state index contributed by atoms with van der Waals surface area (Å²) in [5.41, 5.74) is 0.741. The highest BCUT2D eigenvalue weighted by atomic mass is 32.1. The van der Waals surface area contributed by atoms with Crippen molar-refractivity contribution in [1.29, 1.82) is 0 Å². The molecule has 0 saturated heterocycles. The van der Waals surface area contributed by atoms with Crippen LogP contribution in [0.5, 0.6) is 5.75 Å². The summed E-state index contributed by atoms with van der Waals surface area (Å²) in [6.07, 6.45) is 4.60. The van der Waals surface area contributed by atoms with Crippen LogP contribution >= 0.6 is 11.3 Å². The third-order valence-electron chi connectivity index (χ3n) is 3.44. The van der Waals surface area contributed by atoms with Gasteiger partial charge in [-0.2, -0.15) is 0 Å². The molecule has 1 amide bonds. The summed E-state index contributed by atoms with van der Waals surface area (Å²) in [5.74, 6) is 0.602. The van der Waals surface area contributed by atoms with Gasteiger partial charge in [-0.05, 0) is 36.8 Å². The van der Waals surface area contributed by atoms with Crippen LogP contribution in [0.25, 0.3) is 16.3 Å². The summed E-state index contributed by atoms with van der Waals surface area (Å²) < 4.78 is 5.38. The lowest BCUT2D eigenvalue weighted by Crippen LogP contribution is -2.19. The maximum Gasteiger partial charge on any atom is 0.259 e. The highest BCUT2D eigenvalue weighted by molar-refractivity contribution is 7.18. The van der Waals surface area contributed by atoms with Gasteiger partial charge in [-0.3, -0.25) is 9.59 Å². The summed E-state index contributed by atoms with van der Waals surface area (Å²) in [5, 5.41) is 3.34. The predicted molar refractivity (Wildman–Crippen MR) is 98.7 cm³/mol. The maximum absolute atomic E-state index is 11.9. The van der Waals surface area contributed by atoms with E-state index < -0.39 is 0 Å². The number of carbonyl (C=O) groups is 1. The number of nitrogens with zero attached hydrogens (tertiary/aromatic N) is 1. The van der Waals surface area contributed by atoms with Crippen molar-refractivity contribution in [3.63, 3.8) is 0 Å². The monoisotopic (exact) mass is 355 g/mol. The quantitative estimate of drug-likeness (QED) is 0.666. The van der Waals surface area contributed by atoms with Crippen LogP contribution < -0.4 is 15.6 Å². The highest BCUT2D eigenvalue weighted by Crippen LogP contribution is 2.20. The van der Waals surface area contributed by atoms with E-state index in [2.05, 4.69) is 15.3 Å². The van der Waals surface area contributed by atoms with Crippen LogP contribution in [0.3, 0.4) is 0 Å². The first-order valence-electron chi connectivity index (χ1n) is 7.80. The molecular weight excluding hydrogens is 338 g/mol. The summed E-state index contributed by atoms with van der Waals surface area (Å²) in [6, 6.07) is 9.26. The van der Waals surface area contributed by atoms with Gasteiger partial charge in [-0.15, -0.1) is 11.3 Å². The van der Waals surface area contributed by atoms with Gasteiger partial charge in [0.1, 0.15) is 10.6 Å². The fraction of sp³-hybridized carbons (Fsp3) is 0.167. The number of carbonyl (C=O) groups excluding carboxylic acids is 1. The van der Waals surface area contributed by atoms with Gasteiger partial charge in [0.25, 0.3) is 5.56 Å². The van der Waals surface area contributed by atoms with E-state index in [1.165, 1.54) is 23.7 Å². The zero-order valence-electron chi connectivity index (χ0n) is 13.6. The summed E-state index contributed by atoms with van der Waals surface area (Å²) in [7, 11) is 0. The molecule has 128 valence electrons. The van der Waals surface area contributed by atoms with E-state index in [4.69, 9.17) is 4.74 Å². The van der Waals surface area contributed by atoms with E-state index in [9.17, 15) is 9.59 Å². The summed E-state index contributed by atoms with van der Waals surface area (Å²) in [4.78, 5) is 31.8. The zero-order chi connectivity index (χ0) is 17.6. The fourth-order valence-electron chi connectivity index (χ4n) is 2.25. The Hall–Kier alpha value is -2.93. The third-order valence-corrected chi connectivity index (χ3v) is 4.48. The Morgan fingerprint density at radius 2 is 2.16 bits per heavy atom. The smallest absolute Gasteiger partial charge is 0.259 e. The van der Waals surface area contributed by atoms with Crippen LogP contribution in [-0.2, 0) is 11.3 Å². The van der Waals surface area contributed by atoms with Crippen molar-refractivity contribution in [2.24, 2.45) is 0 Å². The van der Waals surface area contributed by atoms with Crippen molar-refractivity contribution in [2.45, 2.75) is 13.5 Å². The number of H-pyrrole nitrogens is 1. The Balaban J connectivity index is 1.58. The second kappa shape index (κ2) is 7.76. The number of hydrogen-bond donors (Lipinski definition) is 2. The molecule has 3 rings (SSSR count). The second-order valence-electron chi connectivity index (χ2n) is 5.22. The van der Waals surface area contributed by atoms with Crippen LogP contribution in [0.2, 0.25) is 0 Å². The molecule has 0 bridgehead atoms. The molecule has 3 aromatic rings. The second-order valence-corrected chi connectivity index (χ2v) is 6.33. The normalized spacial score (nSPS) is 11.1. The lowest BCUT2D eigenvalue weighted by molar-refractivity contribution is -0.116. The largest absolute Gasteiger partial charge is 0.494 e. The van der Waals surface area contributed by atoms with Gasteiger partial charge in [-0.1, -0.05) is 12.1 Å². The molecule has 0 fully saturated rings. The van der Waals surface area contributed by atoms with Crippen molar-refractivity contribution in [1.82, 2.24) is 15.3 Å². The Labute approximate surface area is 148 Å². The molecule has 0 aliphatic carbocycles. The summed E-state index contributed by atoms with van der Waals surface area (Å²) >= 11 is 1.39. The lowest BCUT2D eigenvalue weighted by Gasteiger charge is -2.02. The number of benzene rings is 1. The van der Waals surface area contributed by atoms with Crippen LogP contribution in [-0.4, -0.2) is 22.5 Å². The maximum atomic E-state index is 11.9. The van der Waals surface area contributed by atoms with Crippen LogP contribution in [0, 0.1) is 0 Å². The Morgan fingerprint density at radius 3 is 2.88 bits per heavy atom. The molecule has 0 atom stereocenters. The van der Waals surface area contributed by atoms with Gasteiger partial charge in [-0.25, -0.2) is 4.98 Å². The minimum atomic E-state index is -0.201. The molecular formula is C18H17N3O3S. The molecule has 0 spiro atoms. The Kier molecular flexibility index (Phi) is 5.25. The predicted octanol–water partition coefficient (Wildman–Crippen LogP) is 2.71. The van der Waals surface area contributed by atoms with Crippen LogP contribution in [0.4, 0.5) is 0 Å². The van der Waals surface area contributed by atoms with E-state index in [1.54, 1.807) is 12.1 Å².